The van der Waals surface area contributed by atoms with Crippen molar-refractivity contribution in [2.24, 2.45) is 5.10 Å². The summed E-state index contributed by atoms with van der Waals surface area (Å²) in [5.74, 6) is -3.13. The van der Waals surface area contributed by atoms with E-state index in [4.69, 9.17) is 10.4 Å². The van der Waals surface area contributed by atoms with Crippen molar-refractivity contribution >= 4 is 58.5 Å². The summed E-state index contributed by atoms with van der Waals surface area (Å²) in [6.45, 7) is 0. The number of hydrogen-bond donors (Lipinski definition) is 2. The maximum atomic E-state index is 13.1. The van der Waals surface area contributed by atoms with Crippen LogP contribution in [0, 0.1) is 11.3 Å². The van der Waals surface area contributed by atoms with Crippen LogP contribution in [-0.4, -0.2) is 33.8 Å². The van der Waals surface area contributed by atoms with E-state index in [9.17, 15) is 19.5 Å². The third-order valence-electron chi connectivity index (χ3n) is 6.37. The molecule has 0 radical (unpaired) electrons. The zero-order valence-electron chi connectivity index (χ0n) is 22.0. The summed E-state index contributed by atoms with van der Waals surface area (Å²) in [6.07, 6.45) is 2.81. The molecular weight excluding hydrogens is 532 g/mol. The number of carbonyl (C=O) groups is 3. The van der Waals surface area contributed by atoms with E-state index in [0.717, 1.165) is 22.1 Å². The van der Waals surface area contributed by atoms with E-state index in [1.807, 2.05) is 59.5 Å². The van der Waals surface area contributed by atoms with Crippen molar-refractivity contribution in [2.45, 2.75) is 0 Å². The predicted octanol–water partition coefficient (Wildman–Crippen LogP) is 6.02. The zero-order valence-corrected chi connectivity index (χ0v) is 22.0. The van der Waals surface area contributed by atoms with Gasteiger partial charge in [0.1, 0.15) is 11.6 Å². The maximum absolute atomic E-state index is 13.1. The van der Waals surface area contributed by atoms with Crippen molar-refractivity contribution in [3.05, 3.63) is 131 Å². The first-order chi connectivity index (χ1) is 20.4. The lowest BCUT2D eigenvalue weighted by molar-refractivity contribution is -0.132. The van der Waals surface area contributed by atoms with E-state index in [1.165, 1.54) is 12.2 Å². The van der Waals surface area contributed by atoms with Crippen LogP contribution in [0.15, 0.2) is 125 Å². The topological polar surface area (TPSA) is 134 Å². The number of carboxylic acid groups (broad SMARTS) is 2. The van der Waals surface area contributed by atoms with Gasteiger partial charge in [0.25, 0.3) is 5.91 Å². The maximum Gasteiger partial charge on any atom is 0.357 e. The first-order valence-electron chi connectivity index (χ1n) is 12.7. The summed E-state index contributed by atoms with van der Waals surface area (Å²) in [5.41, 5.74) is 3.33. The van der Waals surface area contributed by atoms with E-state index >= 15 is 0 Å². The number of hydrogen-bond acceptors (Lipinski definition) is 6. The molecule has 42 heavy (non-hydrogen) atoms. The molecule has 1 heterocycles. The van der Waals surface area contributed by atoms with Crippen molar-refractivity contribution in [3.63, 3.8) is 0 Å². The van der Waals surface area contributed by atoms with Crippen LogP contribution in [0.2, 0.25) is 0 Å². The Kier molecular flexibility index (Phi) is 7.71. The molecule has 9 heteroatoms. The highest BCUT2D eigenvalue weighted by molar-refractivity contribution is 6.53. The molecule has 0 saturated heterocycles. The monoisotopic (exact) mass is 554 g/mol. The number of anilines is 4. The van der Waals surface area contributed by atoms with Gasteiger partial charge in [0, 0.05) is 17.1 Å². The van der Waals surface area contributed by atoms with Gasteiger partial charge in [0.05, 0.1) is 11.3 Å². The minimum absolute atomic E-state index is 0.0271. The standard InChI is InChI=1S/C33H22N4O5/c34-21-24(32(39)40)19-22-11-15-26(16-12-22)36(25-7-3-1-4-8-25)27-17-13-23(14-18-27)20-29-30(33(41)42)35-37(31(29)38)28-9-5-2-6-10-28/h1-20H,(H,39,40)(H,41,42)/b24-19-,29-20-. The predicted molar refractivity (Wildman–Crippen MR) is 159 cm³/mol. The smallest absolute Gasteiger partial charge is 0.357 e. The fourth-order valence-electron chi connectivity index (χ4n) is 4.39. The average Bonchev–Trinajstić information content (AvgIpc) is 3.34. The molecular formula is C33H22N4O5. The first-order valence-corrected chi connectivity index (χ1v) is 12.7. The van der Waals surface area contributed by atoms with Gasteiger partial charge in [0.15, 0.2) is 5.71 Å². The van der Waals surface area contributed by atoms with Gasteiger partial charge in [-0.3, -0.25) is 4.79 Å². The average molecular weight is 555 g/mol. The molecule has 1 amide bonds. The minimum atomic E-state index is -1.30. The normalized spacial score (nSPS) is 13.9. The zero-order chi connectivity index (χ0) is 29.6. The summed E-state index contributed by atoms with van der Waals surface area (Å²) >= 11 is 0. The molecule has 0 atom stereocenters. The molecule has 1 aliphatic heterocycles. The second-order valence-electron chi connectivity index (χ2n) is 9.09. The van der Waals surface area contributed by atoms with Gasteiger partial charge in [-0.05, 0) is 71.8 Å². The lowest BCUT2D eigenvalue weighted by Crippen LogP contribution is -2.22. The molecule has 0 aliphatic carbocycles. The quantitative estimate of drug-likeness (QED) is 0.201. The number of amides is 1. The highest BCUT2D eigenvalue weighted by Gasteiger charge is 2.35. The third kappa shape index (κ3) is 5.68. The van der Waals surface area contributed by atoms with Crippen LogP contribution in [0.1, 0.15) is 11.1 Å². The largest absolute Gasteiger partial charge is 0.477 e. The number of rotatable bonds is 8. The number of carbonyl (C=O) groups excluding carboxylic acids is 1. The van der Waals surface area contributed by atoms with Crippen molar-refractivity contribution in [1.29, 1.82) is 5.26 Å². The number of hydrazone groups is 1. The lowest BCUT2D eigenvalue weighted by Gasteiger charge is -2.25. The van der Waals surface area contributed by atoms with Crippen LogP contribution in [0.25, 0.3) is 12.2 Å². The molecule has 0 saturated carbocycles. The van der Waals surface area contributed by atoms with Gasteiger partial charge in [0.2, 0.25) is 0 Å². The Morgan fingerprint density at radius 1 is 0.762 bits per heavy atom. The molecule has 2 N–H and O–H groups in total. The van der Waals surface area contributed by atoms with Crippen molar-refractivity contribution in [2.75, 3.05) is 9.91 Å². The van der Waals surface area contributed by atoms with Crippen LogP contribution in [0.5, 0.6) is 0 Å². The Labute approximate surface area is 240 Å². The molecule has 4 aromatic carbocycles. The molecule has 4 aromatic rings. The van der Waals surface area contributed by atoms with Crippen LogP contribution >= 0.6 is 0 Å². The summed E-state index contributed by atoms with van der Waals surface area (Å²) in [7, 11) is 0. The van der Waals surface area contributed by atoms with E-state index in [0.29, 0.717) is 16.8 Å². The summed E-state index contributed by atoms with van der Waals surface area (Å²) in [4.78, 5) is 38.2. The fourth-order valence-corrected chi connectivity index (χ4v) is 4.39. The summed E-state index contributed by atoms with van der Waals surface area (Å²) < 4.78 is 0. The van der Waals surface area contributed by atoms with E-state index < -0.39 is 17.8 Å². The molecule has 5 rings (SSSR count). The molecule has 0 aromatic heterocycles. The molecule has 0 bridgehead atoms. The van der Waals surface area contributed by atoms with Gasteiger partial charge in [-0.1, -0.05) is 60.7 Å². The summed E-state index contributed by atoms with van der Waals surface area (Å²) in [6, 6.07) is 34.2. The van der Waals surface area contributed by atoms with Crippen LogP contribution < -0.4 is 9.91 Å². The van der Waals surface area contributed by atoms with Crippen LogP contribution in [0.3, 0.4) is 0 Å². The molecule has 0 fully saturated rings. The van der Waals surface area contributed by atoms with Gasteiger partial charge >= 0.3 is 11.9 Å². The minimum Gasteiger partial charge on any atom is -0.477 e. The van der Waals surface area contributed by atoms with Crippen molar-refractivity contribution < 1.29 is 24.6 Å². The number of benzene rings is 4. The Hall–Kier alpha value is -6.27. The van der Waals surface area contributed by atoms with Crippen molar-refractivity contribution in [3.8, 4) is 6.07 Å². The Morgan fingerprint density at radius 3 is 1.81 bits per heavy atom. The second-order valence-corrected chi connectivity index (χ2v) is 9.09. The molecule has 204 valence electrons. The van der Waals surface area contributed by atoms with Gasteiger partial charge in [-0.25, -0.2) is 9.59 Å². The number of nitriles is 1. The second kappa shape index (κ2) is 11.9. The van der Waals surface area contributed by atoms with Gasteiger partial charge in [-0.2, -0.15) is 15.4 Å². The van der Waals surface area contributed by atoms with E-state index in [1.54, 1.807) is 60.7 Å². The fraction of sp³-hybridized carbons (Fsp3) is 0. The van der Waals surface area contributed by atoms with Gasteiger partial charge < -0.3 is 15.1 Å². The number of para-hydroxylation sites is 2. The van der Waals surface area contributed by atoms with Crippen LogP contribution in [0.4, 0.5) is 22.7 Å². The molecule has 9 nitrogen and oxygen atoms in total. The summed E-state index contributed by atoms with van der Waals surface area (Å²) in [5, 5.41) is 33.1. The highest BCUT2D eigenvalue weighted by atomic mass is 16.4. The first kappa shape index (κ1) is 27.3. The molecule has 0 spiro atoms. The molecule has 1 aliphatic rings. The van der Waals surface area contributed by atoms with E-state index in [-0.39, 0.29) is 16.9 Å². The third-order valence-corrected chi connectivity index (χ3v) is 6.37. The Balaban J connectivity index is 1.48. The van der Waals surface area contributed by atoms with Crippen LogP contribution in [-0.2, 0) is 14.4 Å². The number of nitrogens with zero attached hydrogens (tertiary/aromatic N) is 4. The number of carboxylic acids is 2. The Morgan fingerprint density at radius 2 is 1.29 bits per heavy atom. The Bertz CT molecular complexity index is 1790. The SMILES string of the molecule is N#C/C(=C/c1ccc(N(c2ccccc2)c2ccc(/C=C3\C(=O)N(c4ccccc4)N=C3C(=O)O)cc2)cc1)C(=O)O. The number of aliphatic carboxylic acids is 2. The highest BCUT2D eigenvalue weighted by Crippen LogP contribution is 2.35. The van der Waals surface area contributed by atoms with Crippen molar-refractivity contribution in [1.82, 2.24) is 0 Å². The lowest BCUT2D eigenvalue weighted by atomic mass is 10.1. The van der Waals surface area contributed by atoms with E-state index in [2.05, 4.69) is 5.10 Å². The molecule has 0 unspecified atom stereocenters. The van der Waals surface area contributed by atoms with Gasteiger partial charge in [-0.15, -0.1) is 0 Å².